The van der Waals surface area contributed by atoms with Crippen molar-refractivity contribution in [2.24, 2.45) is 23.7 Å². The third kappa shape index (κ3) is 2.56. The Morgan fingerprint density at radius 1 is 1.04 bits per heavy atom. The lowest BCUT2D eigenvalue weighted by Gasteiger charge is -2.23. The summed E-state index contributed by atoms with van der Waals surface area (Å²) in [5.41, 5.74) is 5.01. The smallest absolute Gasteiger partial charge is 0.308 e. The number of benzene rings is 1. The molecule has 1 aromatic carbocycles. The molecule has 0 aromatic heterocycles. The molecule has 0 saturated heterocycles. The second-order valence-corrected chi connectivity index (χ2v) is 7.09. The Morgan fingerprint density at radius 2 is 1.67 bits per heavy atom. The summed E-state index contributed by atoms with van der Waals surface area (Å²) in [5, 5.41) is 12.6. The fourth-order valence-corrected chi connectivity index (χ4v) is 4.13. The minimum absolute atomic E-state index is 0.105. The molecule has 4 nitrogen and oxygen atoms in total. The molecule has 0 radical (unpaired) electrons. The summed E-state index contributed by atoms with van der Waals surface area (Å²) in [6.07, 6.45) is 3.95. The summed E-state index contributed by atoms with van der Waals surface area (Å²) < 4.78 is 0. The number of carboxylic acids is 1. The molecule has 2 bridgehead atoms. The van der Waals surface area contributed by atoms with E-state index in [9.17, 15) is 14.7 Å². The van der Waals surface area contributed by atoms with Gasteiger partial charge in [0.2, 0.25) is 5.91 Å². The van der Waals surface area contributed by atoms with Gasteiger partial charge in [-0.3, -0.25) is 9.59 Å². The molecule has 1 fully saturated rings. The van der Waals surface area contributed by atoms with Gasteiger partial charge in [-0.1, -0.05) is 35.4 Å². The fourth-order valence-electron chi connectivity index (χ4n) is 4.13. The molecule has 0 aliphatic heterocycles. The van der Waals surface area contributed by atoms with Gasteiger partial charge in [0, 0.05) is 17.5 Å². The molecule has 1 amide bonds. The van der Waals surface area contributed by atoms with Crippen LogP contribution in [0.15, 0.2) is 41.5 Å². The zero-order valence-corrected chi connectivity index (χ0v) is 14.5. The maximum atomic E-state index is 12.9. The van der Waals surface area contributed by atoms with Gasteiger partial charge in [0.25, 0.3) is 0 Å². The maximum Gasteiger partial charge on any atom is 0.308 e. The van der Waals surface area contributed by atoms with E-state index in [0.717, 1.165) is 28.0 Å². The average Bonchev–Trinajstić information content (AvgIpc) is 3.06. The van der Waals surface area contributed by atoms with E-state index in [1.165, 1.54) is 0 Å². The number of allylic oxidation sites excluding steroid dienone is 4. The fraction of sp³-hybridized carbons (Fsp3) is 0.400. The maximum absolute atomic E-state index is 12.9. The minimum atomic E-state index is -0.897. The Balaban J connectivity index is 1.94. The molecule has 0 unspecified atom stereocenters. The normalized spacial score (nSPS) is 27.4. The van der Waals surface area contributed by atoms with Gasteiger partial charge in [0.15, 0.2) is 0 Å². The summed E-state index contributed by atoms with van der Waals surface area (Å²) in [6, 6.07) is 5.88. The highest BCUT2D eigenvalue weighted by Gasteiger charge is 2.54. The van der Waals surface area contributed by atoms with Crippen LogP contribution in [0.3, 0.4) is 0 Å². The number of aryl methyl sites for hydroxylation is 2. The van der Waals surface area contributed by atoms with E-state index in [0.29, 0.717) is 0 Å². The van der Waals surface area contributed by atoms with E-state index in [4.69, 9.17) is 0 Å². The molecular weight excluding hydrogens is 302 g/mol. The third-order valence-electron chi connectivity index (χ3n) is 5.22. The van der Waals surface area contributed by atoms with Crippen molar-refractivity contribution >= 4 is 17.6 Å². The molecule has 1 saturated carbocycles. The highest BCUT2D eigenvalue weighted by molar-refractivity contribution is 5.97. The number of hydrogen-bond acceptors (Lipinski definition) is 2. The molecule has 2 aliphatic rings. The standard InChI is InChI=1S/C20H23NO3/c1-10(2)16-13-7-8-14(16)18(20(23)24)17(13)19(22)21-15-9-11(3)5-6-12(15)4/h5-9,13-14,17-18H,1-4H3,(H,21,22)(H,23,24)/t13-,14-,17-,18-/m1/s1. The topological polar surface area (TPSA) is 66.4 Å². The molecule has 126 valence electrons. The summed E-state index contributed by atoms with van der Waals surface area (Å²) in [7, 11) is 0. The molecule has 24 heavy (non-hydrogen) atoms. The lowest BCUT2D eigenvalue weighted by molar-refractivity contribution is -0.146. The van der Waals surface area contributed by atoms with Gasteiger partial charge in [-0.2, -0.15) is 0 Å². The van der Waals surface area contributed by atoms with Crippen LogP contribution in [-0.2, 0) is 9.59 Å². The van der Waals surface area contributed by atoms with Crippen LogP contribution in [0.4, 0.5) is 5.69 Å². The number of aliphatic carboxylic acids is 1. The van der Waals surface area contributed by atoms with Crippen LogP contribution >= 0.6 is 0 Å². The van der Waals surface area contributed by atoms with Gasteiger partial charge in [-0.15, -0.1) is 0 Å². The van der Waals surface area contributed by atoms with E-state index >= 15 is 0 Å². The van der Waals surface area contributed by atoms with Crippen LogP contribution in [0.2, 0.25) is 0 Å². The van der Waals surface area contributed by atoms with E-state index < -0.39 is 17.8 Å². The number of anilines is 1. The lowest BCUT2D eigenvalue weighted by atomic mass is 9.82. The SMILES string of the molecule is CC(C)=C1[C@H]2C=C[C@H]1[C@@H](C(=O)Nc1cc(C)ccc1C)[C@@H]2C(=O)O. The van der Waals surface area contributed by atoms with Crippen LogP contribution in [0, 0.1) is 37.5 Å². The third-order valence-corrected chi connectivity index (χ3v) is 5.22. The average molecular weight is 325 g/mol. The monoisotopic (exact) mass is 325 g/mol. The molecule has 4 heteroatoms. The number of amides is 1. The number of carbonyl (C=O) groups excluding carboxylic acids is 1. The first-order chi connectivity index (χ1) is 11.3. The summed E-state index contributed by atoms with van der Waals surface area (Å²) in [4.78, 5) is 24.7. The Hall–Kier alpha value is -2.36. The van der Waals surface area contributed by atoms with Crippen molar-refractivity contribution in [2.45, 2.75) is 27.7 Å². The van der Waals surface area contributed by atoms with Crippen LogP contribution in [0.1, 0.15) is 25.0 Å². The zero-order valence-electron chi connectivity index (χ0n) is 14.5. The van der Waals surface area contributed by atoms with Gasteiger partial charge in [0.05, 0.1) is 11.8 Å². The quantitative estimate of drug-likeness (QED) is 0.833. The highest BCUT2D eigenvalue weighted by atomic mass is 16.4. The summed E-state index contributed by atoms with van der Waals surface area (Å²) in [6.45, 7) is 7.89. The lowest BCUT2D eigenvalue weighted by Crippen LogP contribution is -2.36. The van der Waals surface area contributed by atoms with Crippen molar-refractivity contribution in [3.63, 3.8) is 0 Å². The summed E-state index contributed by atoms with van der Waals surface area (Å²) in [5.74, 6) is -2.60. The predicted octanol–water partition coefficient (Wildman–Crippen LogP) is 3.71. The van der Waals surface area contributed by atoms with Crippen molar-refractivity contribution in [3.8, 4) is 0 Å². The van der Waals surface area contributed by atoms with E-state index in [2.05, 4.69) is 5.32 Å². The molecule has 0 heterocycles. The predicted molar refractivity (Wildman–Crippen MR) is 93.7 cm³/mol. The number of nitrogens with one attached hydrogen (secondary N) is 1. The first-order valence-electron chi connectivity index (χ1n) is 8.27. The van der Waals surface area contributed by atoms with Crippen molar-refractivity contribution in [1.29, 1.82) is 0 Å². The molecule has 4 atom stereocenters. The van der Waals surface area contributed by atoms with Crippen molar-refractivity contribution in [1.82, 2.24) is 0 Å². The van der Waals surface area contributed by atoms with E-state index in [-0.39, 0.29) is 17.7 Å². The van der Waals surface area contributed by atoms with Crippen LogP contribution in [-0.4, -0.2) is 17.0 Å². The molecule has 1 aromatic rings. The zero-order chi connectivity index (χ0) is 17.6. The van der Waals surface area contributed by atoms with Gasteiger partial charge < -0.3 is 10.4 Å². The van der Waals surface area contributed by atoms with Crippen molar-refractivity contribution in [2.75, 3.05) is 5.32 Å². The second kappa shape index (κ2) is 5.93. The minimum Gasteiger partial charge on any atom is -0.481 e. The Labute approximate surface area is 142 Å². The van der Waals surface area contributed by atoms with Crippen molar-refractivity contribution < 1.29 is 14.7 Å². The largest absolute Gasteiger partial charge is 0.481 e. The number of carboxylic acid groups (broad SMARTS) is 1. The molecular formula is C20H23NO3. The first kappa shape index (κ1) is 16.5. The Kier molecular flexibility index (Phi) is 4.08. The number of rotatable bonds is 3. The van der Waals surface area contributed by atoms with Crippen LogP contribution in [0.25, 0.3) is 0 Å². The molecule has 2 aliphatic carbocycles. The Bertz CT molecular complexity index is 771. The first-order valence-corrected chi connectivity index (χ1v) is 8.27. The molecule has 2 N–H and O–H groups in total. The van der Waals surface area contributed by atoms with Crippen molar-refractivity contribution in [3.05, 3.63) is 52.6 Å². The van der Waals surface area contributed by atoms with E-state index in [1.54, 1.807) is 0 Å². The van der Waals surface area contributed by atoms with Crippen LogP contribution in [0.5, 0.6) is 0 Å². The highest BCUT2D eigenvalue weighted by Crippen LogP contribution is 2.53. The van der Waals surface area contributed by atoms with Gasteiger partial charge in [-0.25, -0.2) is 0 Å². The van der Waals surface area contributed by atoms with E-state index in [1.807, 2.05) is 58.0 Å². The molecule has 3 rings (SSSR count). The van der Waals surface area contributed by atoms with Gasteiger partial charge >= 0.3 is 5.97 Å². The number of hydrogen-bond donors (Lipinski definition) is 2. The summed E-state index contributed by atoms with van der Waals surface area (Å²) >= 11 is 0. The van der Waals surface area contributed by atoms with Gasteiger partial charge in [-0.05, 0) is 44.9 Å². The number of fused-ring (bicyclic) bond motifs is 2. The van der Waals surface area contributed by atoms with Crippen LogP contribution < -0.4 is 5.32 Å². The van der Waals surface area contributed by atoms with Gasteiger partial charge in [0.1, 0.15) is 0 Å². The number of carbonyl (C=O) groups is 2. The Morgan fingerprint density at radius 3 is 2.25 bits per heavy atom. The second-order valence-electron chi connectivity index (χ2n) is 7.09. The molecule has 0 spiro atoms.